The van der Waals surface area contributed by atoms with E-state index >= 15 is 0 Å². The monoisotopic (exact) mass is 239 g/mol. The minimum Gasteiger partial charge on any atom is -0.359 e. The lowest BCUT2D eigenvalue weighted by atomic mass is 10.1. The van der Waals surface area contributed by atoms with Crippen molar-refractivity contribution in [3.63, 3.8) is 0 Å². The van der Waals surface area contributed by atoms with Gasteiger partial charge in [0.1, 0.15) is 11.9 Å². The van der Waals surface area contributed by atoms with Gasteiger partial charge in [-0.25, -0.2) is 9.38 Å². The Morgan fingerprint density at radius 1 is 1.50 bits per heavy atom. The van der Waals surface area contributed by atoms with Gasteiger partial charge in [-0.2, -0.15) is 0 Å². The maximum absolute atomic E-state index is 13.7. The number of nitrogens with zero attached hydrogens (tertiary/aromatic N) is 1. The van der Waals surface area contributed by atoms with Gasteiger partial charge in [-0.3, -0.25) is 0 Å². The molecular formula is C11H14FN3S. The van der Waals surface area contributed by atoms with Crippen LogP contribution in [-0.4, -0.2) is 13.0 Å². The fourth-order valence-electron chi connectivity index (χ4n) is 1.58. The first-order valence-electron chi connectivity index (χ1n) is 5.05. The van der Waals surface area contributed by atoms with Crippen LogP contribution < -0.4 is 10.6 Å². The number of aliphatic imine (C=N–C) groups is 1. The Balaban J connectivity index is 2.33. The largest absolute Gasteiger partial charge is 0.359 e. The van der Waals surface area contributed by atoms with Crippen LogP contribution in [0.25, 0.3) is 0 Å². The number of nitrogens with one attached hydrogen (secondary N) is 2. The van der Waals surface area contributed by atoms with Gasteiger partial charge in [0.15, 0.2) is 5.96 Å². The van der Waals surface area contributed by atoms with Crippen LogP contribution >= 0.6 is 11.3 Å². The van der Waals surface area contributed by atoms with Crippen LogP contribution in [0.5, 0.6) is 0 Å². The molecule has 0 saturated carbocycles. The van der Waals surface area contributed by atoms with Gasteiger partial charge in [0, 0.05) is 11.9 Å². The molecule has 1 aromatic heterocycles. The third kappa shape index (κ3) is 1.82. The van der Waals surface area contributed by atoms with Crippen molar-refractivity contribution in [3.8, 4) is 0 Å². The van der Waals surface area contributed by atoms with E-state index in [1.54, 1.807) is 18.4 Å². The highest BCUT2D eigenvalue weighted by Gasteiger charge is 2.24. The molecule has 1 unspecified atom stereocenters. The highest BCUT2D eigenvalue weighted by atomic mass is 32.1. The zero-order valence-electron chi connectivity index (χ0n) is 9.47. The molecule has 1 aliphatic heterocycles. The lowest BCUT2D eigenvalue weighted by molar-refractivity contribution is 0.515. The lowest BCUT2D eigenvalue weighted by Gasteiger charge is -2.21. The summed E-state index contributed by atoms with van der Waals surface area (Å²) in [5.74, 6) is 0.348. The zero-order valence-corrected chi connectivity index (χ0v) is 10.3. The summed E-state index contributed by atoms with van der Waals surface area (Å²) < 4.78 is 13.7. The van der Waals surface area contributed by atoms with Gasteiger partial charge in [-0.1, -0.05) is 0 Å². The molecule has 0 spiro atoms. The van der Waals surface area contributed by atoms with E-state index in [0.717, 1.165) is 10.4 Å². The smallest absolute Gasteiger partial charge is 0.196 e. The van der Waals surface area contributed by atoms with E-state index in [0.29, 0.717) is 5.96 Å². The summed E-state index contributed by atoms with van der Waals surface area (Å²) in [6.45, 7) is 4.05. The van der Waals surface area contributed by atoms with E-state index in [2.05, 4.69) is 15.6 Å². The van der Waals surface area contributed by atoms with Gasteiger partial charge in [0.25, 0.3) is 0 Å². The number of hydrogen-bond donors (Lipinski definition) is 2. The van der Waals surface area contributed by atoms with Crippen LogP contribution in [-0.2, 0) is 0 Å². The predicted molar refractivity (Wildman–Crippen MR) is 65.4 cm³/mol. The first-order valence-corrected chi connectivity index (χ1v) is 5.93. The van der Waals surface area contributed by atoms with Crippen LogP contribution in [0.15, 0.2) is 22.4 Å². The minimum absolute atomic E-state index is 0.246. The van der Waals surface area contributed by atoms with Gasteiger partial charge >= 0.3 is 0 Å². The van der Waals surface area contributed by atoms with Crippen molar-refractivity contribution in [1.82, 2.24) is 10.6 Å². The minimum atomic E-state index is -0.404. The Morgan fingerprint density at radius 3 is 2.81 bits per heavy atom. The molecular weight excluding hydrogens is 225 g/mol. The Bertz CT molecular complexity index is 462. The van der Waals surface area contributed by atoms with Crippen LogP contribution in [0.1, 0.15) is 22.0 Å². The van der Waals surface area contributed by atoms with E-state index in [4.69, 9.17) is 0 Å². The average Bonchev–Trinajstić information content (AvgIpc) is 2.61. The quantitative estimate of drug-likeness (QED) is 0.789. The normalized spacial score (nSPS) is 19.9. The number of thiophene rings is 1. The molecule has 0 aliphatic carbocycles. The molecule has 16 heavy (non-hydrogen) atoms. The summed E-state index contributed by atoms with van der Waals surface area (Å²) in [4.78, 5) is 4.91. The molecule has 0 saturated heterocycles. The second-order valence-electron chi connectivity index (χ2n) is 3.73. The molecule has 2 rings (SSSR count). The summed E-state index contributed by atoms with van der Waals surface area (Å²) in [6.07, 6.45) is 1.27. The number of guanidine groups is 1. The predicted octanol–water partition coefficient (Wildman–Crippen LogP) is 2.40. The SMILES string of the molecule is CNC1=NC=C(F)C(c2scc(C)c2C)N1. The highest BCUT2D eigenvalue weighted by molar-refractivity contribution is 7.10. The fourth-order valence-corrected chi connectivity index (χ4v) is 2.70. The topological polar surface area (TPSA) is 36.4 Å². The Kier molecular flexibility index (Phi) is 2.96. The second-order valence-corrected chi connectivity index (χ2v) is 4.64. The van der Waals surface area contributed by atoms with Crippen LogP contribution in [0.3, 0.4) is 0 Å². The molecule has 2 N–H and O–H groups in total. The number of halogens is 1. The molecule has 0 bridgehead atoms. The molecule has 86 valence electrons. The number of rotatable bonds is 1. The highest BCUT2D eigenvalue weighted by Crippen LogP contribution is 2.33. The lowest BCUT2D eigenvalue weighted by Crippen LogP contribution is -2.39. The van der Waals surface area contributed by atoms with Crippen LogP contribution in [0.4, 0.5) is 4.39 Å². The van der Waals surface area contributed by atoms with Gasteiger partial charge in [-0.15, -0.1) is 11.3 Å². The first-order chi connectivity index (χ1) is 7.63. The number of aryl methyl sites for hydroxylation is 1. The Morgan fingerprint density at radius 2 is 2.25 bits per heavy atom. The number of hydrogen-bond acceptors (Lipinski definition) is 4. The van der Waals surface area contributed by atoms with Crippen LogP contribution in [0.2, 0.25) is 0 Å². The van der Waals surface area contributed by atoms with Gasteiger partial charge in [0.05, 0.1) is 6.20 Å². The van der Waals surface area contributed by atoms with E-state index in [1.165, 1.54) is 11.8 Å². The van der Waals surface area contributed by atoms with Gasteiger partial charge < -0.3 is 10.6 Å². The fraction of sp³-hybridized carbons (Fsp3) is 0.364. The average molecular weight is 239 g/mol. The summed E-state index contributed by atoms with van der Waals surface area (Å²) in [5.41, 5.74) is 2.34. The molecule has 2 heterocycles. The summed E-state index contributed by atoms with van der Waals surface area (Å²) in [5, 5.41) is 7.96. The zero-order chi connectivity index (χ0) is 11.7. The maximum atomic E-state index is 13.7. The van der Waals surface area contributed by atoms with Crippen molar-refractivity contribution in [1.29, 1.82) is 0 Å². The summed E-state index contributed by atoms with van der Waals surface area (Å²) >= 11 is 1.57. The van der Waals surface area contributed by atoms with Crippen molar-refractivity contribution in [2.75, 3.05) is 7.05 Å². The Hall–Kier alpha value is -1.36. The third-order valence-electron chi connectivity index (χ3n) is 2.70. The van der Waals surface area contributed by atoms with Gasteiger partial charge in [-0.05, 0) is 30.4 Å². The van der Waals surface area contributed by atoms with E-state index < -0.39 is 6.04 Å². The standard InChI is InChI=1S/C11H14FN3S/c1-6-5-16-10(7(6)2)9-8(12)4-14-11(13-3)15-9/h4-5,9H,1-3H3,(H2,13,14,15). The molecule has 0 amide bonds. The van der Waals surface area contributed by atoms with Crippen molar-refractivity contribution in [2.24, 2.45) is 4.99 Å². The third-order valence-corrected chi connectivity index (χ3v) is 3.96. The molecule has 5 heteroatoms. The summed E-state index contributed by atoms with van der Waals surface area (Å²) in [6, 6.07) is -0.404. The molecule has 0 aromatic carbocycles. The molecule has 0 radical (unpaired) electrons. The van der Waals surface area contributed by atoms with E-state index in [-0.39, 0.29) is 5.83 Å². The molecule has 1 atom stereocenters. The van der Waals surface area contributed by atoms with Crippen molar-refractivity contribution in [2.45, 2.75) is 19.9 Å². The van der Waals surface area contributed by atoms with Crippen molar-refractivity contribution >= 4 is 17.3 Å². The molecule has 1 aliphatic rings. The van der Waals surface area contributed by atoms with E-state index in [1.807, 2.05) is 19.2 Å². The summed E-state index contributed by atoms with van der Waals surface area (Å²) in [7, 11) is 1.76. The molecule has 1 aromatic rings. The molecule has 0 fully saturated rings. The molecule has 3 nitrogen and oxygen atoms in total. The van der Waals surface area contributed by atoms with Crippen molar-refractivity contribution in [3.05, 3.63) is 33.4 Å². The Labute approximate surface area is 98.1 Å². The first kappa shape index (κ1) is 11.1. The van der Waals surface area contributed by atoms with E-state index in [9.17, 15) is 4.39 Å². The van der Waals surface area contributed by atoms with Crippen molar-refractivity contribution < 1.29 is 4.39 Å². The second kappa shape index (κ2) is 4.25. The van der Waals surface area contributed by atoms with Gasteiger partial charge in [0.2, 0.25) is 0 Å². The van der Waals surface area contributed by atoms with Crippen LogP contribution in [0, 0.1) is 13.8 Å². The maximum Gasteiger partial charge on any atom is 0.196 e.